The first-order valence-corrected chi connectivity index (χ1v) is 9.67. The van der Waals surface area contributed by atoms with E-state index in [4.69, 9.17) is 9.47 Å². The molecule has 6 heteroatoms. The molecule has 0 saturated heterocycles. The molecule has 1 atom stereocenters. The first-order chi connectivity index (χ1) is 12.5. The minimum Gasteiger partial charge on any atom is -0.497 e. The smallest absolute Gasteiger partial charge is 0.241 e. The van der Waals surface area contributed by atoms with Gasteiger partial charge in [0.15, 0.2) is 0 Å². The van der Waals surface area contributed by atoms with Crippen LogP contribution in [0.5, 0.6) is 5.75 Å². The number of benzene rings is 3. The number of methoxy groups -OCH3 is 2. The van der Waals surface area contributed by atoms with Crippen molar-refractivity contribution in [1.82, 2.24) is 4.72 Å². The van der Waals surface area contributed by atoms with Crippen LogP contribution in [0.2, 0.25) is 0 Å². The predicted octanol–water partition coefficient (Wildman–Crippen LogP) is 3.51. The van der Waals surface area contributed by atoms with Crippen LogP contribution in [0.15, 0.2) is 71.6 Å². The lowest BCUT2D eigenvalue weighted by atomic mass is 10.1. The second-order valence-electron chi connectivity index (χ2n) is 5.83. The van der Waals surface area contributed by atoms with Crippen molar-refractivity contribution in [2.45, 2.75) is 11.0 Å². The Morgan fingerprint density at radius 3 is 2.46 bits per heavy atom. The van der Waals surface area contributed by atoms with E-state index in [2.05, 4.69) is 4.72 Å². The summed E-state index contributed by atoms with van der Waals surface area (Å²) >= 11 is 0. The summed E-state index contributed by atoms with van der Waals surface area (Å²) in [4.78, 5) is 0.260. The van der Waals surface area contributed by atoms with Crippen LogP contribution in [0, 0.1) is 0 Å². The number of nitrogens with one attached hydrogen (secondary N) is 1. The molecule has 0 amide bonds. The van der Waals surface area contributed by atoms with Crippen molar-refractivity contribution in [2.75, 3.05) is 20.8 Å². The second-order valence-corrected chi connectivity index (χ2v) is 7.57. The van der Waals surface area contributed by atoms with Gasteiger partial charge >= 0.3 is 0 Å². The zero-order valence-corrected chi connectivity index (χ0v) is 15.5. The molecule has 0 aliphatic rings. The van der Waals surface area contributed by atoms with Crippen molar-refractivity contribution in [2.24, 2.45) is 0 Å². The van der Waals surface area contributed by atoms with Gasteiger partial charge in [-0.3, -0.25) is 0 Å². The van der Waals surface area contributed by atoms with Crippen molar-refractivity contribution in [3.05, 3.63) is 72.3 Å². The van der Waals surface area contributed by atoms with E-state index in [1.807, 2.05) is 48.5 Å². The summed E-state index contributed by atoms with van der Waals surface area (Å²) in [7, 11) is -0.538. The lowest BCUT2D eigenvalue weighted by Crippen LogP contribution is -2.29. The first-order valence-electron chi connectivity index (χ1n) is 8.19. The van der Waals surface area contributed by atoms with Crippen LogP contribution in [0.1, 0.15) is 11.7 Å². The topological polar surface area (TPSA) is 64.6 Å². The Morgan fingerprint density at radius 2 is 1.69 bits per heavy atom. The summed E-state index contributed by atoms with van der Waals surface area (Å²) < 4.78 is 39.0. The standard InChI is InChI=1S/C20H21NO4S/c1-24-17-10-5-9-16(13-17)19(25-2)14-21-26(22,23)20-12-6-8-15-7-3-4-11-18(15)20/h3-13,19,21H,14H2,1-2H3/t19-/m1/s1. The maximum Gasteiger partial charge on any atom is 0.241 e. The molecule has 1 N–H and O–H groups in total. The van der Waals surface area contributed by atoms with Crippen LogP contribution >= 0.6 is 0 Å². The first kappa shape index (κ1) is 18.4. The quantitative estimate of drug-likeness (QED) is 0.690. The number of fused-ring (bicyclic) bond motifs is 1. The lowest BCUT2D eigenvalue weighted by Gasteiger charge is -2.18. The Bertz CT molecular complexity index is 996. The van der Waals surface area contributed by atoms with Crippen molar-refractivity contribution in [3.8, 4) is 5.75 Å². The molecule has 0 heterocycles. The van der Waals surface area contributed by atoms with Gasteiger partial charge in [-0.05, 0) is 29.1 Å². The number of hydrogen-bond donors (Lipinski definition) is 1. The van der Waals surface area contributed by atoms with E-state index in [1.54, 1.807) is 32.4 Å². The molecule has 3 aromatic carbocycles. The summed E-state index contributed by atoms with van der Waals surface area (Å²) in [6.07, 6.45) is -0.421. The minimum absolute atomic E-state index is 0.120. The highest BCUT2D eigenvalue weighted by atomic mass is 32.2. The molecule has 0 aromatic heterocycles. The van der Waals surface area contributed by atoms with Crippen LogP contribution in [-0.4, -0.2) is 29.2 Å². The van der Waals surface area contributed by atoms with E-state index in [-0.39, 0.29) is 11.4 Å². The SMILES string of the molecule is COc1cccc([C@@H](CNS(=O)(=O)c2cccc3ccccc23)OC)c1. The average Bonchev–Trinajstić information content (AvgIpc) is 2.68. The molecule has 26 heavy (non-hydrogen) atoms. The maximum atomic E-state index is 12.8. The Balaban J connectivity index is 1.84. The number of sulfonamides is 1. The molecule has 0 aliphatic carbocycles. The molecule has 0 aliphatic heterocycles. The van der Waals surface area contributed by atoms with Gasteiger partial charge in [0.25, 0.3) is 0 Å². The van der Waals surface area contributed by atoms with Crippen molar-refractivity contribution >= 4 is 20.8 Å². The molecule has 0 saturated carbocycles. The largest absolute Gasteiger partial charge is 0.497 e. The highest BCUT2D eigenvalue weighted by molar-refractivity contribution is 7.89. The van der Waals surface area contributed by atoms with Crippen molar-refractivity contribution in [1.29, 1.82) is 0 Å². The highest BCUT2D eigenvalue weighted by Crippen LogP contribution is 2.24. The average molecular weight is 371 g/mol. The lowest BCUT2D eigenvalue weighted by molar-refractivity contribution is 0.107. The summed E-state index contributed by atoms with van der Waals surface area (Å²) in [5, 5.41) is 1.57. The Morgan fingerprint density at radius 1 is 0.962 bits per heavy atom. The van der Waals surface area contributed by atoms with E-state index in [9.17, 15) is 8.42 Å². The predicted molar refractivity (Wildman–Crippen MR) is 102 cm³/mol. The van der Waals surface area contributed by atoms with Crippen LogP contribution in [0.3, 0.4) is 0 Å². The molecule has 136 valence electrons. The van der Waals surface area contributed by atoms with E-state index >= 15 is 0 Å². The number of hydrogen-bond acceptors (Lipinski definition) is 4. The summed E-state index contributed by atoms with van der Waals surface area (Å²) in [5.41, 5.74) is 0.840. The second kappa shape index (κ2) is 7.86. The Hall–Kier alpha value is -2.41. The van der Waals surface area contributed by atoms with Gasteiger partial charge in [-0.1, -0.05) is 48.5 Å². The van der Waals surface area contributed by atoms with Crippen LogP contribution in [0.25, 0.3) is 10.8 Å². The van der Waals surface area contributed by atoms with E-state index in [0.717, 1.165) is 10.9 Å². The zero-order valence-electron chi connectivity index (χ0n) is 14.7. The minimum atomic E-state index is -3.68. The van der Waals surface area contributed by atoms with Crippen LogP contribution in [-0.2, 0) is 14.8 Å². The van der Waals surface area contributed by atoms with Gasteiger partial charge in [0.2, 0.25) is 10.0 Å². The van der Waals surface area contributed by atoms with Gasteiger partial charge < -0.3 is 9.47 Å². The Labute approximate surface area is 153 Å². The van der Waals surface area contributed by atoms with Crippen LogP contribution in [0.4, 0.5) is 0 Å². The molecule has 0 bridgehead atoms. The molecule has 0 unspecified atom stereocenters. The van der Waals surface area contributed by atoms with Gasteiger partial charge in [-0.15, -0.1) is 0 Å². The third-order valence-corrected chi connectivity index (χ3v) is 5.73. The van der Waals surface area contributed by atoms with Crippen molar-refractivity contribution < 1.29 is 17.9 Å². The fraction of sp³-hybridized carbons (Fsp3) is 0.200. The Kier molecular flexibility index (Phi) is 5.56. The summed E-state index contributed by atoms with van der Waals surface area (Å²) in [5.74, 6) is 0.696. The molecule has 0 fully saturated rings. The van der Waals surface area contributed by atoms with E-state index < -0.39 is 16.1 Å². The van der Waals surface area contributed by atoms with Crippen LogP contribution < -0.4 is 9.46 Å². The molecule has 5 nitrogen and oxygen atoms in total. The molecule has 0 spiro atoms. The fourth-order valence-electron chi connectivity index (χ4n) is 2.87. The summed E-state index contributed by atoms with van der Waals surface area (Å²) in [6.45, 7) is 0.120. The fourth-order valence-corrected chi connectivity index (χ4v) is 4.13. The third kappa shape index (κ3) is 3.88. The number of rotatable bonds is 7. The van der Waals surface area contributed by atoms with Gasteiger partial charge in [0, 0.05) is 19.0 Å². The van der Waals surface area contributed by atoms with Gasteiger partial charge in [0.05, 0.1) is 18.1 Å². The summed E-state index contributed by atoms with van der Waals surface area (Å²) in [6, 6.07) is 20.0. The molecule has 0 radical (unpaired) electrons. The van der Waals surface area contributed by atoms with Crippen molar-refractivity contribution in [3.63, 3.8) is 0 Å². The van der Waals surface area contributed by atoms with Gasteiger partial charge in [0.1, 0.15) is 5.75 Å². The number of ether oxygens (including phenoxy) is 2. The maximum absolute atomic E-state index is 12.8. The molecular weight excluding hydrogens is 350 g/mol. The molecule has 3 rings (SSSR count). The normalized spacial score (nSPS) is 12.8. The van der Waals surface area contributed by atoms with Gasteiger partial charge in [-0.25, -0.2) is 13.1 Å². The monoisotopic (exact) mass is 371 g/mol. The zero-order chi connectivity index (χ0) is 18.6. The highest BCUT2D eigenvalue weighted by Gasteiger charge is 2.20. The van der Waals surface area contributed by atoms with E-state index in [0.29, 0.717) is 11.1 Å². The molecular formula is C20H21NO4S. The van der Waals surface area contributed by atoms with Gasteiger partial charge in [-0.2, -0.15) is 0 Å². The molecule has 3 aromatic rings. The van der Waals surface area contributed by atoms with E-state index in [1.165, 1.54) is 0 Å². The third-order valence-electron chi connectivity index (χ3n) is 4.25.